The van der Waals surface area contributed by atoms with Crippen molar-refractivity contribution in [3.05, 3.63) is 79.9 Å². The Morgan fingerprint density at radius 2 is 1.41 bits per heavy atom. The maximum Gasteiger partial charge on any atom is 0.138 e. The monoisotopic (exact) mass is 578 g/mol. The molecule has 0 aliphatic carbocycles. The SMILES string of the molecule is COc1ccc(-c2nc(-c3cccc(I)c3)c(-c3cccc(I)c3)[nH]2)cc1. The van der Waals surface area contributed by atoms with Crippen LogP contribution in [0.2, 0.25) is 0 Å². The van der Waals surface area contributed by atoms with E-state index in [0.717, 1.165) is 39.7 Å². The van der Waals surface area contributed by atoms with Crippen LogP contribution >= 0.6 is 45.2 Å². The maximum atomic E-state index is 5.27. The van der Waals surface area contributed by atoms with E-state index in [-0.39, 0.29) is 0 Å². The van der Waals surface area contributed by atoms with E-state index in [9.17, 15) is 0 Å². The second kappa shape index (κ2) is 8.02. The maximum absolute atomic E-state index is 5.27. The fraction of sp³-hybridized carbons (Fsp3) is 0.0455. The van der Waals surface area contributed by atoms with Crippen LogP contribution in [0.15, 0.2) is 72.8 Å². The van der Waals surface area contributed by atoms with Gasteiger partial charge < -0.3 is 9.72 Å². The number of rotatable bonds is 4. The number of hydrogen-bond donors (Lipinski definition) is 1. The summed E-state index contributed by atoms with van der Waals surface area (Å²) in [5.74, 6) is 1.68. The largest absolute Gasteiger partial charge is 0.497 e. The van der Waals surface area contributed by atoms with Crippen LogP contribution in [0.5, 0.6) is 5.75 Å². The van der Waals surface area contributed by atoms with E-state index in [4.69, 9.17) is 9.72 Å². The Hall–Kier alpha value is -1.87. The number of halogens is 2. The Morgan fingerprint density at radius 1 is 0.778 bits per heavy atom. The molecule has 0 aliphatic heterocycles. The molecule has 4 rings (SSSR count). The molecule has 1 heterocycles. The minimum atomic E-state index is 0.834. The first-order chi connectivity index (χ1) is 13.1. The molecule has 3 nitrogen and oxygen atoms in total. The highest BCUT2D eigenvalue weighted by Crippen LogP contribution is 2.34. The van der Waals surface area contributed by atoms with E-state index < -0.39 is 0 Å². The molecule has 0 spiro atoms. The summed E-state index contributed by atoms with van der Waals surface area (Å²) < 4.78 is 7.65. The molecule has 0 atom stereocenters. The van der Waals surface area contributed by atoms with Crippen molar-refractivity contribution in [1.82, 2.24) is 9.97 Å². The van der Waals surface area contributed by atoms with Crippen LogP contribution in [0.25, 0.3) is 33.9 Å². The first-order valence-electron chi connectivity index (χ1n) is 8.40. The number of nitrogens with one attached hydrogen (secondary N) is 1. The summed E-state index contributed by atoms with van der Waals surface area (Å²) in [5.41, 5.74) is 5.25. The van der Waals surface area contributed by atoms with Crippen molar-refractivity contribution in [2.45, 2.75) is 0 Å². The summed E-state index contributed by atoms with van der Waals surface area (Å²) in [6, 6.07) is 24.8. The third-order valence-corrected chi connectivity index (χ3v) is 5.62. The van der Waals surface area contributed by atoms with Gasteiger partial charge in [0.25, 0.3) is 0 Å². The number of aromatic amines is 1. The number of aromatic nitrogens is 2. The highest BCUT2D eigenvalue weighted by Gasteiger charge is 2.16. The second-order valence-electron chi connectivity index (χ2n) is 6.06. The molecule has 0 fully saturated rings. The van der Waals surface area contributed by atoms with Crippen molar-refractivity contribution in [2.75, 3.05) is 7.11 Å². The highest BCUT2D eigenvalue weighted by molar-refractivity contribution is 14.1. The van der Waals surface area contributed by atoms with Gasteiger partial charge in [-0.15, -0.1) is 0 Å². The van der Waals surface area contributed by atoms with Crippen LogP contribution in [0.1, 0.15) is 0 Å². The summed E-state index contributed by atoms with van der Waals surface area (Å²) in [6.45, 7) is 0. The predicted molar refractivity (Wildman–Crippen MR) is 127 cm³/mol. The Balaban J connectivity index is 1.88. The molecule has 0 aliphatic rings. The highest BCUT2D eigenvalue weighted by atomic mass is 127. The van der Waals surface area contributed by atoms with Crippen molar-refractivity contribution < 1.29 is 4.74 Å². The number of benzene rings is 3. The lowest BCUT2D eigenvalue weighted by atomic mass is 10.1. The first-order valence-corrected chi connectivity index (χ1v) is 10.6. The summed E-state index contributed by atoms with van der Waals surface area (Å²) in [5, 5.41) is 0. The number of imidazole rings is 1. The predicted octanol–water partition coefficient (Wildman–Crippen LogP) is 6.63. The van der Waals surface area contributed by atoms with Gasteiger partial charge in [0.15, 0.2) is 0 Å². The minimum absolute atomic E-state index is 0.834. The van der Waals surface area contributed by atoms with Crippen LogP contribution in [-0.4, -0.2) is 17.1 Å². The molecule has 4 aromatic rings. The normalized spacial score (nSPS) is 10.8. The van der Waals surface area contributed by atoms with Crippen LogP contribution < -0.4 is 4.74 Å². The van der Waals surface area contributed by atoms with E-state index >= 15 is 0 Å². The van der Waals surface area contributed by atoms with Crippen LogP contribution in [-0.2, 0) is 0 Å². The number of hydrogen-bond acceptors (Lipinski definition) is 2. The van der Waals surface area contributed by atoms with Gasteiger partial charge in [-0.1, -0.05) is 24.3 Å². The lowest BCUT2D eigenvalue weighted by molar-refractivity contribution is 0.415. The molecule has 0 radical (unpaired) electrons. The Labute approximate surface area is 185 Å². The summed E-state index contributed by atoms with van der Waals surface area (Å²) in [7, 11) is 1.67. The van der Waals surface area contributed by atoms with Gasteiger partial charge in [0, 0.05) is 23.8 Å². The number of H-pyrrole nitrogens is 1. The summed E-state index contributed by atoms with van der Waals surface area (Å²) >= 11 is 4.68. The molecule has 27 heavy (non-hydrogen) atoms. The first kappa shape index (κ1) is 18.5. The van der Waals surface area contributed by atoms with E-state index in [2.05, 4.69) is 98.7 Å². The van der Waals surface area contributed by atoms with E-state index in [0.29, 0.717) is 0 Å². The molecule has 5 heteroatoms. The molecule has 3 aromatic carbocycles. The molecule has 0 bridgehead atoms. The molecule has 0 saturated carbocycles. The zero-order valence-corrected chi connectivity index (χ0v) is 18.9. The van der Waals surface area contributed by atoms with E-state index in [1.54, 1.807) is 7.11 Å². The summed E-state index contributed by atoms with van der Waals surface area (Å²) in [6.07, 6.45) is 0. The molecule has 134 valence electrons. The van der Waals surface area contributed by atoms with Gasteiger partial charge in [-0.2, -0.15) is 0 Å². The molecule has 0 amide bonds. The number of methoxy groups -OCH3 is 1. The molecule has 0 saturated heterocycles. The van der Waals surface area contributed by atoms with Crippen molar-refractivity contribution in [3.8, 4) is 39.7 Å². The molecule has 1 N–H and O–H groups in total. The van der Waals surface area contributed by atoms with Crippen molar-refractivity contribution in [3.63, 3.8) is 0 Å². The van der Waals surface area contributed by atoms with Gasteiger partial charge in [0.05, 0.1) is 18.5 Å². The fourth-order valence-corrected chi connectivity index (χ4v) is 4.04. The van der Waals surface area contributed by atoms with Crippen LogP contribution in [0.3, 0.4) is 0 Å². The number of nitrogens with zero attached hydrogens (tertiary/aromatic N) is 1. The molecular weight excluding hydrogens is 562 g/mol. The lowest BCUT2D eigenvalue weighted by Gasteiger charge is -2.04. The quantitative estimate of drug-likeness (QED) is 0.277. The Morgan fingerprint density at radius 3 is 2.04 bits per heavy atom. The standard InChI is InChI=1S/C22H16I2N2O/c1-27-19-10-8-14(9-11-19)22-25-20(15-4-2-6-17(23)12-15)21(26-22)16-5-3-7-18(24)13-16/h2-13H,1H3,(H,25,26). The van der Waals surface area contributed by atoms with Gasteiger partial charge in [-0.25, -0.2) is 4.98 Å². The fourth-order valence-electron chi connectivity index (χ4n) is 2.96. The van der Waals surface area contributed by atoms with Gasteiger partial charge in [0.1, 0.15) is 11.6 Å². The zero-order valence-electron chi connectivity index (χ0n) is 14.5. The summed E-state index contributed by atoms with van der Waals surface area (Å²) in [4.78, 5) is 8.49. The van der Waals surface area contributed by atoms with Gasteiger partial charge in [0.2, 0.25) is 0 Å². The smallest absolute Gasteiger partial charge is 0.138 e. The van der Waals surface area contributed by atoms with E-state index in [1.165, 1.54) is 7.14 Å². The topological polar surface area (TPSA) is 37.9 Å². The Kier molecular flexibility index (Phi) is 5.49. The molecule has 1 aromatic heterocycles. The average molecular weight is 578 g/mol. The third kappa shape index (κ3) is 4.03. The van der Waals surface area contributed by atoms with Crippen LogP contribution in [0, 0.1) is 7.14 Å². The van der Waals surface area contributed by atoms with Gasteiger partial charge >= 0.3 is 0 Å². The Bertz CT molecular complexity index is 1020. The van der Waals surface area contributed by atoms with Gasteiger partial charge in [-0.05, 0) is 93.7 Å². The van der Waals surface area contributed by atoms with Crippen molar-refractivity contribution in [1.29, 1.82) is 0 Å². The zero-order chi connectivity index (χ0) is 18.8. The van der Waals surface area contributed by atoms with Crippen molar-refractivity contribution >= 4 is 45.2 Å². The van der Waals surface area contributed by atoms with Crippen LogP contribution in [0.4, 0.5) is 0 Å². The molecule has 0 unspecified atom stereocenters. The molecular formula is C22H16I2N2O. The average Bonchev–Trinajstić information content (AvgIpc) is 3.14. The lowest BCUT2D eigenvalue weighted by Crippen LogP contribution is -1.85. The minimum Gasteiger partial charge on any atom is -0.497 e. The van der Waals surface area contributed by atoms with Crippen molar-refractivity contribution in [2.24, 2.45) is 0 Å². The van der Waals surface area contributed by atoms with E-state index in [1.807, 2.05) is 24.3 Å². The van der Waals surface area contributed by atoms with Gasteiger partial charge in [-0.3, -0.25) is 0 Å². The number of ether oxygens (including phenoxy) is 1. The third-order valence-electron chi connectivity index (χ3n) is 4.28. The second-order valence-corrected chi connectivity index (χ2v) is 8.55.